The van der Waals surface area contributed by atoms with Gasteiger partial charge in [-0.1, -0.05) is 12.1 Å². The molecule has 126 valence electrons. The van der Waals surface area contributed by atoms with Crippen molar-refractivity contribution in [2.45, 2.75) is 20.0 Å². The molecule has 0 aliphatic heterocycles. The number of thiophene rings is 1. The Balaban J connectivity index is 1.91. The number of esters is 1. The van der Waals surface area contributed by atoms with Gasteiger partial charge in [-0.15, -0.1) is 0 Å². The van der Waals surface area contributed by atoms with Crippen molar-refractivity contribution in [1.29, 1.82) is 0 Å². The maximum Gasteiger partial charge on any atom is 0.331 e. The van der Waals surface area contributed by atoms with Gasteiger partial charge in [0.25, 0.3) is 5.91 Å². The van der Waals surface area contributed by atoms with Gasteiger partial charge in [0.2, 0.25) is 0 Å². The highest BCUT2D eigenvalue weighted by molar-refractivity contribution is 7.08. The predicted molar refractivity (Wildman–Crippen MR) is 95.1 cm³/mol. The molecule has 1 N–H and O–H groups in total. The second-order valence-electron chi connectivity index (χ2n) is 4.89. The Kier molecular flexibility index (Phi) is 6.57. The molecule has 0 saturated heterocycles. The summed E-state index contributed by atoms with van der Waals surface area (Å²) in [7, 11) is 0. The van der Waals surface area contributed by atoms with E-state index in [9.17, 15) is 9.59 Å². The normalized spacial score (nSPS) is 11.9. The van der Waals surface area contributed by atoms with Crippen molar-refractivity contribution in [2.24, 2.45) is 0 Å². The van der Waals surface area contributed by atoms with E-state index in [0.29, 0.717) is 18.0 Å². The highest BCUT2D eigenvalue weighted by Gasteiger charge is 2.18. The van der Waals surface area contributed by atoms with Gasteiger partial charge in [0.1, 0.15) is 5.75 Å². The van der Waals surface area contributed by atoms with Crippen molar-refractivity contribution in [3.05, 3.63) is 52.7 Å². The molecule has 1 amide bonds. The first-order valence-electron chi connectivity index (χ1n) is 7.53. The second-order valence-corrected chi connectivity index (χ2v) is 5.67. The van der Waals surface area contributed by atoms with Crippen LogP contribution in [0.1, 0.15) is 19.4 Å². The first-order valence-corrected chi connectivity index (χ1v) is 8.48. The van der Waals surface area contributed by atoms with E-state index in [1.807, 2.05) is 29.8 Å². The number of hydrogen-bond donors (Lipinski definition) is 1. The predicted octanol–water partition coefficient (Wildman–Crippen LogP) is 3.73. The van der Waals surface area contributed by atoms with Gasteiger partial charge < -0.3 is 14.8 Å². The van der Waals surface area contributed by atoms with E-state index < -0.39 is 18.0 Å². The van der Waals surface area contributed by atoms with Crippen molar-refractivity contribution < 1.29 is 19.1 Å². The molecule has 0 aliphatic carbocycles. The number of nitrogens with one attached hydrogen (secondary N) is 1. The molecule has 2 rings (SSSR count). The highest BCUT2D eigenvalue weighted by Crippen LogP contribution is 2.23. The third-order valence-corrected chi connectivity index (χ3v) is 3.76. The summed E-state index contributed by atoms with van der Waals surface area (Å²) >= 11 is 1.54. The molecule has 0 radical (unpaired) electrons. The number of carbonyl (C=O) groups is 2. The number of anilines is 1. The molecule has 24 heavy (non-hydrogen) atoms. The van der Waals surface area contributed by atoms with Crippen LogP contribution in [0.2, 0.25) is 0 Å². The molecule has 0 saturated carbocycles. The molecule has 1 aromatic heterocycles. The Morgan fingerprint density at radius 2 is 2.08 bits per heavy atom. The van der Waals surface area contributed by atoms with E-state index >= 15 is 0 Å². The number of carbonyl (C=O) groups excluding carboxylic acids is 2. The van der Waals surface area contributed by atoms with Crippen molar-refractivity contribution >= 4 is 35.0 Å². The van der Waals surface area contributed by atoms with Crippen molar-refractivity contribution in [3.8, 4) is 5.75 Å². The summed E-state index contributed by atoms with van der Waals surface area (Å²) in [6.07, 6.45) is 2.03. The van der Waals surface area contributed by atoms with Gasteiger partial charge in [-0.05, 0) is 54.4 Å². The minimum Gasteiger partial charge on any atom is -0.492 e. The Labute approximate surface area is 144 Å². The minimum atomic E-state index is -0.917. The topological polar surface area (TPSA) is 64.6 Å². The summed E-state index contributed by atoms with van der Waals surface area (Å²) in [5, 5.41) is 6.53. The van der Waals surface area contributed by atoms with E-state index in [1.54, 1.807) is 24.3 Å². The lowest BCUT2D eigenvalue weighted by atomic mass is 10.2. The fraction of sp³-hybridized carbons (Fsp3) is 0.222. The molecular formula is C18H19NO4S. The highest BCUT2D eigenvalue weighted by atomic mass is 32.1. The third-order valence-electron chi connectivity index (χ3n) is 3.06. The van der Waals surface area contributed by atoms with Gasteiger partial charge in [-0.3, -0.25) is 4.79 Å². The molecule has 6 heteroatoms. The Morgan fingerprint density at radius 1 is 1.29 bits per heavy atom. The third kappa shape index (κ3) is 5.24. The SMILES string of the molecule is CCOc1ccccc1NC(=O)[C@H](C)OC(=O)/C=C/c1ccsc1. The number of ether oxygens (including phenoxy) is 2. The van der Waals surface area contributed by atoms with Crippen LogP contribution in [0.15, 0.2) is 47.2 Å². The molecule has 0 bridgehead atoms. The monoisotopic (exact) mass is 345 g/mol. The van der Waals surface area contributed by atoms with Crippen molar-refractivity contribution in [2.75, 3.05) is 11.9 Å². The number of hydrogen-bond acceptors (Lipinski definition) is 5. The van der Waals surface area contributed by atoms with Crippen LogP contribution in [0.4, 0.5) is 5.69 Å². The lowest BCUT2D eigenvalue weighted by Crippen LogP contribution is -2.29. The molecule has 5 nitrogen and oxygen atoms in total. The fourth-order valence-electron chi connectivity index (χ4n) is 1.89. The van der Waals surface area contributed by atoms with Crippen LogP contribution in [0.25, 0.3) is 6.08 Å². The number of benzene rings is 1. The van der Waals surface area contributed by atoms with E-state index in [4.69, 9.17) is 9.47 Å². The smallest absolute Gasteiger partial charge is 0.331 e. The van der Waals surface area contributed by atoms with Crippen LogP contribution in [-0.4, -0.2) is 24.6 Å². The zero-order valence-corrected chi connectivity index (χ0v) is 14.3. The molecule has 0 spiro atoms. The fourth-order valence-corrected chi connectivity index (χ4v) is 2.52. The quantitative estimate of drug-likeness (QED) is 0.613. The van der Waals surface area contributed by atoms with E-state index in [1.165, 1.54) is 24.3 Å². The number of rotatable bonds is 7. The average Bonchev–Trinajstić information content (AvgIpc) is 3.08. The molecule has 0 unspecified atom stereocenters. The van der Waals surface area contributed by atoms with Gasteiger partial charge in [-0.2, -0.15) is 11.3 Å². The summed E-state index contributed by atoms with van der Waals surface area (Å²) < 4.78 is 10.6. The summed E-state index contributed by atoms with van der Waals surface area (Å²) in [4.78, 5) is 23.9. The standard InChI is InChI=1S/C18H19NO4S/c1-3-22-16-7-5-4-6-15(16)19-18(21)13(2)23-17(20)9-8-14-10-11-24-12-14/h4-13H,3H2,1-2H3,(H,19,21)/b9-8+/t13-/m0/s1. The Bertz CT molecular complexity index is 710. The molecule has 0 fully saturated rings. The molecule has 0 aliphatic rings. The van der Waals surface area contributed by atoms with Gasteiger partial charge >= 0.3 is 5.97 Å². The van der Waals surface area contributed by atoms with Crippen LogP contribution < -0.4 is 10.1 Å². The Morgan fingerprint density at radius 3 is 2.79 bits per heavy atom. The van der Waals surface area contributed by atoms with Crippen molar-refractivity contribution in [1.82, 2.24) is 0 Å². The largest absolute Gasteiger partial charge is 0.492 e. The minimum absolute atomic E-state index is 0.417. The van der Waals surface area contributed by atoms with Crippen LogP contribution in [0.3, 0.4) is 0 Å². The maximum absolute atomic E-state index is 12.2. The Hall–Kier alpha value is -2.60. The van der Waals surface area contributed by atoms with Gasteiger partial charge in [0.05, 0.1) is 12.3 Å². The molecular weight excluding hydrogens is 326 g/mol. The van der Waals surface area contributed by atoms with Gasteiger partial charge in [0, 0.05) is 6.08 Å². The van der Waals surface area contributed by atoms with Gasteiger partial charge in [-0.25, -0.2) is 4.79 Å². The van der Waals surface area contributed by atoms with Crippen LogP contribution in [0, 0.1) is 0 Å². The summed E-state index contributed by atoms with van der Waals surface area (Å²) in [6, 6.07) is 8.99. The van der Waals surface area contributed by atoms with Crippen molar-refractivity contribution in [3.63, 3.8) is 0 Å². The van der Waals surface area contributed by atoms with Crippen LogP contribution in [-0.2, 0) is 14.3 Å². The second kappa shape index (κ2) is 8.88. The van der Waals surface area contributed by atoms with E-state index in [-0.39, 0.29) is 0 Å². The summed E-state index contributed by atoms with van der Waals surface area (Å²) in [6.45, 7) is 3.88. The zero-order chi connectivity index (χ0) is 17.4. The van der Waals surface area contributed by atoms with Crippen LogP contribution in [0.5, 0.6) is 5.75 Å². The van der Waals surface area contributed by atoms with Gasteiger partial charge in [0.15, 0.2) is 6.10 Å². The molecule has 1 heterocycles. The zero-order valence-electron chi connectivity index (χ0n) is 13.5. The molecule has 1 atom stereocenters. The number of para-hydroxylation sites is 2. The number of amides is 1. The first-order chi connectivity index (χ1) is 11.6. The first kappa shape index (κ1) is 17.7. The molecule has 2 aromatic rings. The summed E-state index contributed by atoms with van der Waals surface area (Å²) in [5.74, 6) is -0.411. The average molecular weight is 345 g/mol. The molecule has 1 aromatic carbocycles. The van der Waals surface area contributed by atoms with E-state index in [0.717, 1.165) is 5.56 Å². The van der Waals surface area contributed by atoms with E-state index in [2.05, 4.69) is 5.32 Å². The lowest BCUT2D eigenvalue weighted by Gasteiger charge is -2.14. The lowest BCUT2D eigenvalue weighted by molar-refractivity contribution is -0.148. The van der Waals surface area contributed by atoms with Crippen LogP contribution >= 0.6 is 11.3 Å². The summed E-state index contributed by atoms with van der Waals surface area (Å²) in [5.41, 5.74) is 1.46. The maximum atomic E-state index is 12.2.